The van der Waals surface area contributed by atoms with Crippen molar-refractivity contribution < 1.29 is 24.1 Å². The van der Waals surface area contributed by atoms with Gasteiger partial charge in [0, 0.05) is 11.5 Å². The van der Waals surface area contributed by atoms with Crippen molar-refractivity contribution in [2.45, 2.75) is 71.7 Å². The predicted molar refractivity (Wildman–Crippen MR) is 123 cm³/mol. The minimum absolute atomic E-state index is 0.0566. The number of aryl methyl sites for hydroxylation is 2. The van der Waals surface area contributed by atoms with Crippen molar-refractivity contribution in [2.24, 2.45) is 11.8 Å². The van der Waals surface area contributed by atoms with Crippen LogP contribution in [0.5, 0.6) is 11.5 Å². The Morgan fingerprint density at radius 3 is 2.50 bits per heavy atom. The fourth-order valence-electron chi connectivity index (χ4n) is 5.08. The first kappa shape index (κ1) is 22.7. The zero-order chi connectivity index (χ0) is 23.2. The molecule has 5 heteroatoms. The van der Waals surface area contributed by atoms with Gasteiger partial charge in [-0.3, -0.25) is 4.79 Å². The summed E-state index contributed by atoms with van der Waals surface area (Å²) in [5, 5.41) is 9.97. The van der Waals surface area contributed by atoms with E-state index in [9.17, 15) is 9.90 Å². The SMILES string of the molecule is Cc1cc(C)c2c(c1)[C@H]1O[C@@H](COc3ccc(C(C)C)cc3)[C@H](C(=O)O)C[C@@H]1C(C)(C)O2. The van der Waals surface area contributed by atoms with Gasteiger partial charge in [-0.25, -0.2) is 0 Å². The average Bonchev–Trinajstić information content (AvgIpc) is 2.73. The average molecular weight is 439 g/mol. The van der Waals surface area contributed by atoms with Crippen LogP contribution in [-0.4, -0.2) is 29.4 Å². The summed E-state index contributed by atoms with van der Waals surface area (Å²) in [5.74, 6) is 0.473. The molecule has 0 saturated carbocycles. The lowest BCUT2D eigenvalue weighted by Crippen LogP contribution is -2.53. The Balaban J connectivity index is 1.60. The van der Waals surface area contributed by atoms with E-state index < -0.39 is 23.6 Å². The van der Waals surface area contributed by atoms with E-state index >= 15 is 0 Å². The molecule has 1 N–H and O–H groups in total. The van der Waals surface area contributed by atoms with Crippen LogP contribution in [0.25, 0.3) is 0 Å². The van der Waals surface area contributed by atoms with E-state index in [-0.39, 0.29) is 18.6 Å². The highest BCUT2D eigenvalue weighted by atomic mass is 16.6. The number of ether oxygens (including phenoxy) is 3. The van der Waals surface area contributed by atoms with Crippen LogP contribution in [0, 0.1) is 25.7 Å². The van der Waals surface area contributed by atoms with Gasteiger partial charge >= 0.3 is 5.97 Å². The van der Waals surface area contributed by atoms with Crippen molar-refractivity contribution in [1.29, 1.82) is 0 Å². The fraction of sp³-hybridized carbons (Fsp3) is 0.519. The number of fused-ring (bicyclic) bond motifs is 3. The molecular weight excluding hydrogens is 404 g/mol. The van der Waals surface area contributed by atoms with Crippen LogP contribution in [0.2, 0.25) is 0 Å². The molecule has 4 rings (SSSR count). The molecule has 5 nitrogen and oxygen atoms in total. The van der Waals surface area contributed by atoms with E-state index in [4.69, 9.17) is 14.2 Å². The lowest BCUT2D eigenvalue weighted by Gasteiger charge is -2.50. The van der Waals surface area contributed by atoms with Crippen molar-refractivity contribution in [3.05, 3.63) is 58.7 Å². The van der Waals surface area contributed by atoms with Crippen LogP contribution >= 0.6 is 0 Å². The molecule has 2 aromatic rings. The van der Waals surface area contributed by atoms with Gasteiger partial charge in [0.05, 0.1) is 12.0 Å². The van der Waals surface area contributed by atoms with Crippen LogP contribution in [0.3, 0.4) is 0 Å². The Labute approximate surface area is 190 Å². The number of aliphatic carboxylic acids is 1. The van der Waals surface area contributed by atoms with Gasteiger partial charge < -0.3 is 19.3 Å². The third kappa shape index (κ3) is 4.23. The van der Waals surface area contributed by atoms with E-state index in [0.29, 0.717) is 12.3 Å². The van der Waals surface area contributed by atoms with E-state index in [0.717, 1.165) is 28.2 Å². The normalized spacial score (nSPS) is 26.1. The fourth-order valence-corrected chi connectivity index (χ4v) is 5.08. The van der Waals surface area contributed by atoms with Crippen molar-refractivity contribution in [3.8, 4) is 11.5 Å². The summed E-state index contributed by atoms with van der Waals surface area (Å²) >= 11 is 0. The molecule has 172 valence electrons. The summed E-state index contributed by atoms with van der Waals surface area (Å²) in [4.78, 5) is 12.2. The molecule has 32 heavy (non-hydrogen) atoms. The molecular formula is C27H34O5. The van der Waals surface area contributed by atoms with Crippen molar-refractivity contribution in [3.63, 3.8) is 0 Å². The number of carbonyl (C=O) groups is 1. The topological polar surface area (TPSA) is 65.0 Å². The lowest BCUT2D eigenvalue weighted by atomic mass is 9.71. The van der Waals surface area contributed by atoms with Gasteiger partial charge in [0.25, 0.3) is 0 Å². The van der Waals surface area contributed by atoms with Crippen LogP contribution in [0.15, 0.2) is 36.4 Å². The second kappa shape index (κ2) is 8.43. The van der Waals surface area contributed by atoms with Gasteiger partial charge in [-0.15, -0.1) is 0 Å². The number of hydrogen-bond donors (Lipinski definition) is 1. The molecule has 2 aliphatic heterocycles. The van der Waals surface area contributed by atoms with E-state index in [1.54, 1.807) is 0 Å². The zero-order valence-electron chi connectivity index (χ0n) is 19.8. The molecule has 0 aliphatic carbocycles. The van der Waals surface area contributed by atoms with Crippen molar-refractivity contribution in [2.75, 3.05) is 6.61 Å². The molecule has 4 atom stereocenters. The Morgan fingerprint density at radius 1 is 1.19 bits per heavy atom. The first-order chi connectivity index (χ1) is 15.1. The highest BCUT2D eigenvalue weighted by molar-refractivity contribution is 5.71. The Hall–Kier alpha value is -2.53. The van der Waals surface area contributed by atoms with Crippen molar-refractivity contribution in [1.82, 2.24) is 0 Å². The minimum atomic E-state index is -0.853. The third-order valence-corrected chi connectivity index (χ3v) is 6.93. The molecule has 0 unspecified atom stereocenters. The standard InChI is InChI=1S/C27H34O5/c1-15(2)18-7-9-19(10-8-18)30-14-23-20(26(28)29)13-22-25(31-23)21-12-16(3)11-17(4)24(21)32-27(22,5)6/h7-12,15,20,22-23,25H,13-14H2,1-6H3,(H,28,29)/t20-,22+,23+,25-/m1/s1. The minimum Gasteiger partial charge on any atom is -0.491 e. The van der Waals surface area contributed by atoms with Gasteiger partial charge in [-0.05, 0) is 69.4 Å². The second-order valence-electron chi connectivity index (χ2n) is 10.1. The summed E-state index contributed by atoms with van der Waals surface area (Å²) in [6.45, 7) is 12.7. The van der Waals surface area contributed by atoms with Crippen molar-refractivity contribution >= 4 is 5.97 Å². The van der Waals surface area contributed by atoms with Crippen LogP contribution in [-0.2, 0) is 9.53 Å². The van der Waals surface area contributed by atoms with Crippen LogP contribution in [0.1, 0.15) is 68.4 Å². The first-order valence-electron chi connectivity index (χ1n) is 11.5. The monoisotopic (exact) mass is 438 g/mol. The molecule has 0 bridgehead atoms. The van der Waals surface area contributed by atoms with Crippen LogP contribution < -0.4 is 9.47 Å². The van der Waals surface area contributed by atoms with E-state index in [1.807, 2.05) is 32.9 Å². The second-order valence-corrected chi connectivity index (χ2v) is 10.1. The Kier molecular flexibility index (Phi) is 5.97. The quantitative estimate of drug-likeness (QED) is 0.637. The number of rotatable bonds is 5. The molecule has 0 radical (unpaired) electrons. The molecule has 2 aromatic carbocycles. The maximum Gasteiger partial charge on any atom is 0.309 e. The summed E-state index contributed by atoms with van der Waals surface area (Å²) in [5.41, 5.74) is 3.95. The summed E-state index contributed by atoms with van der Waals surface area (Å²) in [6.07, 6.45) is -0.277. The molecule has 0 amide bonds. The lowest BCUT2D eigenvalue weighted by molar-refractivity contribution is -0.192. The number of hydrogen-bond acceptors (Lipinski definition) is 4. The van der Waals surface area contributed by atoms with Gasteiger partial charge in [-0.1, -0.05) is 37.6 Å². The maximum absolute atomic E-state index is 12.2. The van der Waals surface area contributed by atoms with Gasteiger partial charge in [0.1, 0.15) is 29.8 Å². The van der Waals surface area contributed by atoms with E-state index in [2.05, 4.69) is 45.0 Å². The van der Waals surface area contributed by atoms with Gasteiger partial charge in [-0.2, -0.15) is 0 Å². The Bertz CT molecular complexity index is 992. The zero-order valence-corrected chi connectivity index (χ0v) is 19.8. The molecule has 0 spiro atoms. The molecule has 1 saturated heterocycles. The number of carboxylic acids is 1. The number of benzene rings is 2. The largest absolute Gasteiger partial charge is 0.491 e. The number of carboxylic acid groups (broad SMARTS) is 1. The highest BCUT2D eigenvalue weighted by Gasteiger charge is 2.52. The first-order valence-corrected chi connectivity index (χ1v) is 11.5. The molecule has 1 fully saturated rings. The summed E-state index contributed by atoms with van der Waals surface area (Å²) in [7, 11) is 0. The van der Waals surface area contributed by atoms with E-state index in [1.165, 1.54) is 5.56 Å². The summed E-state index contributed by atoms with van der Waals surface area (Å²) < 4.78 is 18.9. The highest BCUT2D eigenvalue weighted by Crippen LogP contribution is 2.53. The predicted octanol–water partition coefficient (Wildman–Crippen LogP) is 5.82. The molecule has 2 heterocycles. The molecule has 2 aliphatic rings. The van der Waals surface area contributed by atoms with Crippen LogP contribution in [0.4, 0.5) is 0 Å². The molecule has 0 aromatic heterocycles. The van der Waals surface area contributed by atoms with Gasteiger partial charge in [0.15, 0.2) is 0 Å². The van der Waals surface area contributed by atoms with Gasteiger partial charge in [0.2, 0.25) is 0 Å². The smallest absolute Gasteiger partial charge is 0.309 e. The summed E-state index contributed by atoms with van der Waals surface area (Å²) in [6, 6.07) is 12.2. The Morgan fingerprint density at radius 2 is 1.88 bits per heavy atom. The maximum atomic E-state index is 12.2. The third-order valence-electron chi connectivity index (χ3n) is 6.93.